The van der Waals surface area contributed by atoms with E-state index < -0.39 is 0 Å². The van der Waals surface area contributed by atoms with E-state index in [-0.39, 0.29) is 12.1 Å². The van der Waals surface area contributed by atoms with Gasteiger partial charge in [0.1, 0.15) is 12.0 Å². The zero-order chi connectivity index (χ0) is 20.4. The van der Waals surface area contributed by atoms with E-state index in [0.29, 0.717) is 10.9 Å². The van der Waals surface area contributed by atoms with Crippen molar-refractivity contribution in [1.29, 1.82) is 0 Å². The van der Waals surface area contributed by atoms with Gasteiger partial charge in [-0.25, -0.2) is 9.97 Å². The highest BCUT2D eigenvalue weighted by Gasteiger charge is 2.33. The largest absolute Gasteiger partial charge is 0.394 e. The SMILES string of the molecule is CC(C)(CO)N1CCC(c2[nH]nc(-c3ccc(Cl)cc3)c2-c2ccncn2)CC1. The average molecular weight is 412 g/mol. The number of aromatic nitrogens is 4. The molecule has 29 heavy (non-hydrogen) atoms. The Hall–Kier alpha value is -2.28. The molecule has 0 radical (unpaired) electrons. The van der Waals surface area contributed by atoms with E-state index in [4.69, 9.17) is 11.6 Å². The lowest BCUT2D eigenvalue weighted by Gasteiger charge is -2.41. The number of hydrogen-bond donors (Lipinski definition) is 2. The summed E-state index contributed by atoms with van der Waals surface area (Å²) in [5.41, 5.74) is 4.72. The fraction of sp³-hybridized carbons (Fsp3) is 0.409. The average Bonchev–Trinajstić information content (AvgIpc) is 3.20. The molecule has 7 heteroatoms. The highest BCUT2D eigenvalue weighted by atomic mass is 35.5. The summed E-state index contributed by atoms with van der Waals surface area (Å²) in [6, 6.07) is 9.66. The van der Waals surface area contributed by atoms with Crippen LogP contribution in [0.1, 0.15) is 38.3 Å². The first-order valence-corrected chi connectivity index (χ1v) is 10.3. The van der Waals surface area contributed by atoms with Crippen molar-refractivity contribution in [2.45, 2.75) is 38.1 Å². The number of likely N-dealkylation sites (tertiary alicyclic amines) is 1. The summed E-state index contributed by atoms with van der Waals surface area (Å²) in [6.45, 7) is 6.23. The molecule has 3 aromatic rings. The first-order valence-electron chi connectivity index (χ1n) is 9.96. The number of aromatic amines is 1. The molecule has 0 atom stereocenters. The van der Waals surface area contributed by atoms with Crippen LogP contribution in [-0.4, -0.2) is 55.4 Å². The summed E-state index contributed by atoms with van der Waals surface area (Å²) in [7, 11) is 0. The molecule has 1 fully saturated rings. The summed E-state index contributed by atoms with van der Waals surface area (Å²) in [4.78, 5) is 10.9. The van der Waals surface area contributed by atoms with E-state index in [9.17, 15) is 5.11 Å². The molecule has 152 valence electrons. The number of aliphatic hydroxyl groups is 1. The molecular formula is C22H26ClN5O. The van der Waals surface area contributed by atoms with Crippen LogP contribution < -0.4 is 0 Å². The van der Waals surface area contributed by atoms with Gasteiger partial charge in [-0.2, -0.15) is 5.10 Å². The molecule has 1 saturated heterocycles. The molecule has 0 amide bonds. The summed E-state index contributed by atoms with van der Waals surface area (Å²) in [6.07, 6.45) is 5.34. The zero-order valence-corrected chi connectivity index (χ0v) is 17.5. The van der Waals surface area contributed by atoms with Crippen LogP contribution in [0.2, 0.25) is 5.02 Å². The fourth-order valence-electron chi connectivity index (χ4n) is 4.04. The number of hydrogen-bond acceptors (Lipinski definition) is 5. The normalized spacial score (nSPS) is 16.3. The molecule has 0 spiro atoms. The Morgan fingerprint density at radius 2 is 1.90 bits per heavy atom. The van der Waals surface area contributed by atoms with E-state index in [2.05, 4.69) is 38.9 Å². The molecule has 3 heterocycles. The molecule has 0 unspecified atom stereocenters. The van der Waals surface area contributed by atoms with Gasteiger partial charge in [0, 0.05) is 39.5 Å². The maximum Gasteiger partial charge on any atom is 0.116 e. The molecule has 2 aromatic heterocycles. The van der Waals surface area contributed by atoms with Gasteiger partial charge in [0.15, 0.2) is 0 Å². The third kappa shape index (κ3) is 4.06. The van der Waals surface area contributed by atoms with Gasteiger partial charge in [-0.1, -0.05) is 23.7 Å². The van der Waals surface area contributed by atoms with Crippen molar-refractivity contribution in [2.24, 2.45) is 0 Å². The molecular weight excluding hydrogens is 386 g/mol. The molecule has 1 aliphatic heterocycles. The molecule has 4 rings (SSSR count). The monoisotopic (exact) mass is 411 g/mol. The van der Waals surface area contributed by atoms with Crippen molar-refractivity contribution in [3.8, 4) is 22.5 Å². The number of rotatable bonds is 5. The first kappa shape index (κ1) is 20.0. The maximum atomic E-state index is 9.69. The lowest BCUT2D eigenvalue weighted by atomic mass is 9.87. The van der Waals surface area contributed by atoms with Gasteiger partial charge in [-0.05, 0) is 58.0 Å². The summed E-state index contributed by atoms with van der Waals surface area (Å²) < 4.78 is 0. The summed E-state index contributed by atoms with van der Waals surface area (Å²) in [5, 5.41) is 18.4. The van der Waals surface area contributed by atoms with Crippen molar-refractivity contribution in [2.75, 3.05) is 19.7 Å². The topological polar surface area (TPSA) is 77.9 Å². The van der Waals surface area contributed by atoms with Crippen molar-refractivity contribution in [3.05, 3.63) is 53.6 Å². The Morgan fingerprint density at radius 3 is 2.52 bits per heavy atom. The van der Waals surface area contributed by atoms with E-state index >= 15 is 0 Å². The predicted molar refractivity (Wildman–Crippen MR) is 115 cm³/mol. The Morgan fingerprint density at radius 1 is 1.17 bits per heavy atom. The van der Waals surface area contributed by atoms with Crippen LogP contribution in [-0.2, 0) is 0 Å². The number of halogens is 1. The Balaban J connectivity index is 1.69. The van der Waals surface area contributed by atoms with Crippen LogP contribution in [0.3, 0.4) is 0 Å². The van der Waals surface area contributed by atoms with Gasteiger partial charge >= 0.3 is 0 Å². The smallest absolute Gasteiger partial charge is 0.116 e. The Kier molecular flexibility index (Phi) is 5.67. The number of piperidine rings is 1. The van der Waals surface area contributed by atoms with Crippen LogP contribution in [0.25, 0.3) is 22.5 Å². The molecule has 0 bridgehead atoms. The van der Waals surface area contributed by atoms with E-state index in [1.807, 2.05) is 30.3 Å². The van der Waals surface area contributed by atoms with Crippen molar-refractivity contribution in [1.82, 2.24) is 25.1 Å². The number of nitrogens with zero attached hydrogens (tertiary/aromatic N) is 4. The van der Waals surface area contributed by atoms with Crippen LogP contribution in [0.4, 0.5) is 0 Å². The van der Waals surface area contributed by atoms with Gasteiger partial charge in [0.05, 0.1) is 12.3 Å². The summed E-state index contributed by atoms with van der Waals surface area (Å²) >= 11 is 6.07. The highest BCUT2D eigenvalue weighted by Crippen LogP contribution is 2.39. The van der Waals surface area contributed by atoms with Gasteiger partial charge in [0.2, 0.25) is 0 Å². The van der Waals surface area contributed by atoms with Gasteiger partial charge in [0.25, 0.3) is 0 Å². The zero-order valence-electron chi connectivity index (χ0n) is 16.8. The minimum Gasteiger partial charge on any atom is -0.394 e. The van der Waals surface area contributed by atoms with Crippen LogP contribution in [0.5, 0.6) is 0 Å². The minimum absolute atomic E-state index is 0.161. The second-order valence-corrected chi connectivity index (χ2v) is 8.63. The van der Waals surface area contributed by atoms with Crippen LogP contribution in [0.15, 0.2) is 42.9 Å². The van der Waals surface area contributed by atoms with Gasteiger partial charge in [-0.3, -0.25) is 10.00 Å². The molecule has 1 aromatic carbocycles. The molecule has 0 aliphatic carbocycles. The predicted octanol–water partition coefficient (Wildman–Crippen LogP) is 4.14. The quantitative estimate of drug-likeness (QED) is 0.659. The Bertz CT molecular complexity index is 947. The number of nitrogens with one attached hydrogen (secondary N) is 1. The second-order valence-electron chi connectivity index (χ2n) is 8.19. The molecule has 6 nitrogen and oxygen atoms in total. The van der Waals surface area contributed by atoms with Crippen molar-refractivity contribution < 1.29 is 5.11 Å². The number of benzene rings is 1. The third-order valence-electron chi connectivity index (χ3n) is 5.90. The Labute approximate surface area is 176 Å². The van der Waals surface area contributed by atoms with Crippen LogP contribution in [0, 0.1) is 0 Å². The second kappa shape index (κ2) is 8.22. The third-order valence-corrected chi connectivity index (χ3v) is 6.15. The number of aliphatic hydroxyl groups excluding tert-OH is 1. The number of H-pyrrole nitrogens is 1. The highest BCUT2D eigenvalue weighted by molar-refractivity contribution is 6.30. The molecule has 2 N–H and O–H groups in total. The van der Waals surface area contributed by atoms with E-state index in [0.717, 1.165) is 54.1 Å². The maximum absolute atomic E-state index is 9.69. The van der Waals surface area contributed by atoms with Crippen LogP contribution >= 0.6 is 11.6 Å². The van der Waals surface area contributed by atoms with Gasteiger partial charge < -0.3 is 5.11 Å². The minimum atomic E-state index is -0.192. The molecule has 0 saturated carbocycles. The van der Waals surface area contributed by atoms with E-state index in [1.54, 1.807) is 12.5 Å². The van der Waals surface area contributed by atoms with Crippen molar-refractivity contribution >= 4 is 11.6 Å². The lowest BCUT2D eigenvalue weighted by Crippen LogP contribution is -2.50. The lowest BCUT2D eigenvalue weighted by molar-refractivity contribution is 0.0376. The van der Waals surface area contributed by atoms with Crippen molar-refractivity contribution in [3.63, 3.8) is 0 Å². The van der Waals surface area contributed by atoms with E-state index in [1.165, 1.54) is 0 Å². The fourth-order valence-corrected chi connectivity index (χ4v) is 4.16. The van der Waals surface area contributed by atoms with Gasteiger partial charge in [-0.15, -0.1) is 0 Å². The first-order chi connectivity index (χ1) is 14.0. The standard InChI is InChI=1S/C22H26ClN5O/c1-22(2,13-29)28-11-8-16(9-12-28)21-19(18-7-10-24-14-25-18)20(26-27-21)15-3-5-17(23)6-4-15/h3-7,10,14,16,29H,8-9,11-13H2,1-2H3,(H,26,27). The molecule has 1 aliphatic rings. The summed E-state index contributed by atoms with van der Waals surface area (Å²) in [5.74, 6) is 0.360.